The highest BCUT2D eigenvalue weighted by molar-refractivity contribution is 7.89. The molecule has 0 heterocycles. The molecule has 0 radical (unpaired) electrons. The lowest BCUT2D eigenvalue weighted by atomic mass is 9.98. The Morgan fingerprint density at radius 3 is 2.40 bits per heavy atom. The summed E-state index contributed by atoms with van der Waals surface area (Å²) >= 11 is 0. The highest BCUT2D eigenvalue weighted by Crippen LogP contribution is 2.20. The van der Waals surface area contributed by atoms with E-state index in [4.69, 9.17) is 5.14 Å². The summed E-state index contributed by atoms with van der Waals surface area (Å²) in [6, 6.07) is 9.47. The van der Waals surface area contributed by atoms with Gasteiger partial charge in [0, 0.05) is 5.92 Å². The molecule has 82 valence electrons. The predicted octanol–water partition coefficient (Wildman–Crippen LogP) is 1.63. The quantitative estimate of drug-likeness (QED) is 0.774. The second-order valence-electron chi connectivity index (χ2n) is 3.46. The third-order valence-corrected chi connectivity index (χ3v) is 3.02. The first-order valence-corrected chi connectivity index (χ1v) is 6.41. The predicted molar refractivity (Wildman–Crippen MR) is 62.0 cm³/mol. The van der Waals surface area contributed by atoms with Crippen LogP contribution in [0.3, 0.4) is 0 Å². The molecule has 0 spiro atoms. The molecule has 2 N–H and O–H groups in total. The number of sulfonamides is 1. The van der Waals surface area contributed by atoms with E-state index in [9.17, 15) is 8.42 Å². The van der Waals surface area contributed by atoms with E-state index in [-0.39, 0.29) is 11.7 Å². The van der Waals surface area contributed by atoms with E-state index >= 15 is 0 Å². The summed E-state index contributed by atoms with van der Waals surface area (Å²) < 4.78 is 22.1. The van der Waals surface area contributed by atoms with Crippen molar-refractivity contribution in [3.63, 3.8) is 0 Å². The number of allylic oxidation sites excluding steroid dienone is 1. The Morgan fingerprint density at radius 1 is 1.33 bits per heavy atom. The minimum Gasteiger partial charge on any atom is -0.229 e. The zero-order valence-corrected chi connectivity index (χ0v) is 9.28. The standard InChI is InChI=1S/C11H15NO2S/c1-2-6-11(9-15(12,13)14)10-7-4-3-5-8-10/h2-5,7-8,11H,1,6,9H2,(H2,12,13,14). The molecule has 1 rings (SSSR count). The Hall–Kier alpha value is -1.13. The van der Waals surface area contributed by atoms with E-state index in [2.05, 4.69) is 6.58 Å². The normalized spacial score (nSPS) is 13.4. The number of nitrogens with two attached hydrogens (primary N) is 1. The molecular formula is C11H15NO2S. The number of rotatable bonds is 5. The van der Waals surface area contributed by atoms with Crippen LogP contribution in [0.1, 0.15) is 17.9 Å². The summed E-state index contributed by atoms with van der Waals surface area (Å²) in [7, 11) is -3.44. The highest BCUT2D eigenvalue weighted by atomic mass is 32.2. The number of benzene rings is 1. The summed E-state index contributed by atoms with van der Waals surface area (Å²) in [6.45, 7) is 3.62. The first kappa shape index (κ1) is 11.9. The molecular weight excluding hydrogens is 210 g/mol. The number of primary sulfonamides is 1. The SMILES string of the molecule is C=CCC(CS(N)(=O)=O)c1ccccc1. The molecule has 0 fully saturated rings. The number of hydrogen-bond donors (Lipinski definition) is 1. The van der Waals surface area contributed by atoms with Gasteiger partial charge in [0.1, 0.15) is 0 Å². The fraction of sp³-hybridized carbons (Fsp3) is 0.273. The van der Waals surface area contributed by atoms with Crippen LogP contribution in [0, 0.1) is 0 Å². The zero-order valence-electron chi connectivity index (χ0n) is 8.46. The Balaban J connectivity index is 2.88. The van der Waals surface area contributed by atoms with Gasteiger partial charge in [-0.1, -0.05) is 36.4 Å². The van der Waals surface area contributed by atoms with Gasteiger partial charge in [-0.15, -0.1) is 6.58 Å². The van der Waals surface area contributed by atoms with Gasteiger partial charge in [0.15, 0.2) is 0 Å². The van der Waals surface area contributed by atoms with Gasteiger partial charge in [-0.2, -0.15) is 0 Å². The highest BCUT2D eigenvalue weighted by Gasteiger charge is 2.16. The Labute approximate surface area is 90.7 Å². The van der Waals surface area contributed by atoms with Crippen LogP contribution in [0.5, 0.6) is 0 Å². The van der Waals surface area contributed by atoms with Crippen LogP contribution in [-0.2, 0) is 10.0 Å². The smallest absolute Gasteiger partial charge is 0.209 e. The fourth-order valence-electron chi connectivity index (χ4n) is 1.51. The minimum absolute atomic E-state index is 0.0387. The Kier molecular flexibility index (Phi) is 4.05. The van der Waals surface area contributed by atoms with Crippen molar-refractivity contribution in [2.24, 2.45) is 5.14 Å². The van der Waals surface area contributed by atoms with Gasteiger partial charge >= 0.3 is 0 Å². The molecule has 0 saturated carbocycles. The molecule has 0 aliphatic heterocycles. The third-order valence-electron chi connectivity index (χ3n) is 2.16. The van der Waals surface area contributed by atoms with E-state index in [0.29, 0.717) is 6.42 Å². The lowest BCUT2D eigenvalue weighted by Crippen LogP contribution is -2.21. The fourth-order valence-corrected chi connectivity index (χ4v) is 2.40. The zero-order chi connectivity index (χ0) is 11.3. The van der Waals surface area contributed by atoms with Crippen molar-refractivity contribution in [3.8, 4) is 0 Å². The van der Waals surface area contributed by atoms with Crippen molar-refractivity contribution in [2.75, 3.05) is 5.75 Å². The summed E-state index contributed by atoms with van der Waals surface area (Å²) in [4.78, 5) is 0. The lowest BCUT2D eigenvalue weighted by Gasteiger charge is -2.13. The second kappa shape index (κ2) is 5.09. The van der Waals surface area contributed by atoms with Crippen LogP contribution in [0.4, 0.5) is 0 Å². The van der Waals surface area contributed by atoms with Crippen molar-refractivity contribution in [1.82, 2.24) is 0 Å². The van der Waals surface area contributed by atoms with E-state index in [0.717, 1.165) is 5.56 Å². The van der Waals surface area contributed by atoms with Gasteiger partial charge in [-0.3, -0.25) is 0 Å². The maximum absolute atomic E-state index is 11.0. The molecule has 0 aliphatic carbocycles. The van der Waals surface area contributed by atoms with Crippen molar-refractivity contribution in [2.45, 2.75) is 12.3 Å². The minimum atomic E-state index is -3.44. The monoisotopic (exact) mass is 225 g/mol. The lowest BCUT2D eigenvalue weighted by molar-refractivity contribution is 0.589. The average molecular weight is 225 g/mol. The van der Waals surface area contributed by atoms with Crippen LogP contribution in [-0.4, -0.2) is 14.2 Å². The van der Waals surface area contributed by atoms with E-state index in [1.54, 1.807) is 6.08 Å². The molecule has 15 heavy (non-hydrogen) atoms. The summed E-state index contributed by atoms with van der Waals surface area (Å²) in [5, 5.41) is 5.04. The topological polar surface area (TPSA) is 60.2 Å². The van der Waals surface area contributed by atoms with Crippen LogP contribution < -0.4 is 5.14 Å². The van der Waals surface area contributed by atoms with Crippen molar-refractivity contribution in [3.05, 3.63) is 48.6 Å². The first-order valence-electron chi connectivity index (χ1n) is 4.69. The molecule has 1 aromatic carbocycles. The molecule has 3 nitrogen and oxygen atoms in total. The molecule has 1 unspecified atom stereocenters. The summed E-state index contributed by atoms with van der Waals surface area (Å²) in [5.41, 5.74) is 0.978. The molecule has 0 saturated heterocycles. The Bertz CT molecular complexity index is 411. The van der Waals surface area contributed by atoms with Crippen LogP contribution in [0.25, 0.3) is 0 Å². The van der Waals surface area contributed by atoms with Crippen LogP contribution in [0.2, 0.25) is 0 Å². The molecule has 0 amide bonds. The number of hydrogen-bond acceptors (Lipinski definition) is 2. The Morgan fingerprint density at radius 2 is 1.93 bits per heavy atom. The van der Waals surface area contributed by atoms with Gasteiger partial charge in [-0.25, -0.2) is 13.6 Å². The molecule has 0 aliphatic rings. The van der Waals surface area contributed by atoms with Gasteiger partial charge in [0.05, 0.1) is 5.75 Å². The largest absolute Gasteiger partial charge is 0.229 e. The summed E-state index contributed by atoms with van der Waals surface area (Å²) in [5.74, 6) is -0.137. The van der Waals surface area contributed by atoms with E-state index in [1.165, 1.54) is 0 Å². The van der Waals surface area contributed by atoms with Gasteiger partial charge in [0.2, 0.25) is 10.0 Å². The maximum atomic E-state index is 11.0. The van der Waals surface area contributed by atoms with Gasteiger partial charge in [-0.05, 0) is 12.0 Å². The average Bonchev–Trinajstić information content (AvgIpc) is 2.17. The molecule has 0 aromatic heterocycles. The van der Waals surface area contributed by atoms with Crippen molar-refractivity contribution in [1.29, 1.82) is 0 Å². The van der Waals surface area contributed by atoms with Crippen molar-refractivity contribution >= 4 is 10.0 Å². The van der Waals surface area contributed by atoms with Crippen molar-refractivity contribution < 1.29 is 8.42 Å². The van der Waals surface area contributed by atoms with Gasteiger partial charge in [0.25, 0.3) is 0 Å². The van der Waals surface area contributed by atoms with E-state index < -0.39 is 10.0 Å². The molecule has 4 heteroatoms. The van der Waals surface area contributed by atoms with Gasteiger partial charge < -0.3 is 0 Å². The molecule has 1 aromatic rings. The first-order chi connectivity index (χ1) is 7.03. The third kappa shape index (κ3) is 4.27. The summed E-state index contributed by atoms with van der Waals surface area (Å²) in [6.07, 6.45) is 2.32. The molecule has 1 atom stereocenters. The maximum Gasteiger partial charge on any atom is 0.209 e. The second-order valence-corrected chi connectivity index (χ2v) is 5.12. The van der Waals surface area contributed by atoms with E-state index in [1.807, 2.05) is 30.3 Å². The van der Waals surface area contributed by atoms with Crippen LogP contribution in [0.15, 0.2) is 43.0 Å². The molecule has 0 bridgehead atoms. The van der Waals surface area contributed by atoms with Crippen LogP contribution >= 0.6 is 0 Å².